The van der Waals surface area contributed by atoms with E-state index in [1.165, 1.54) is 0 Å². The van der Waals surface area contributed by atoms with Crippen LogP contribution in [0.1, 0.15) is 12.8 Å². The average Bonchev–Trinajstić information content (AvgIpc) is 2.46. The van der Waals surface area contributed by atoms with E-state index in [-0.39, 0.29) is 0 Å². The maximum atomic E-state index is 5.60. The molecule has 0 saturated heterocycles. The van der Waals surface area contributed by atoms with Crippen molar-refractivity contribution >= 4 is 0 Å². The van der Waals surface area contributed by atoms with Crippen LogP contribution in [0.2, 0.25) is 0 Å². The van der Waals surface area contributed by atoms with E-state index in [1.807, 2.05) is 30.3 Å². The van der Waals surface area contributed by atoms with Crippen molar-refractivity contribution in [2.75, 3.05) is 46.6 Å². The van der Waals surface area contributed by atoms with Gasteiger partial charge in [-0.25, -0.2) is 0 Å². The monoisotopic (exact) mass is 267 g/mol. The molecule has 0 spiro atoms. The van der Waals surface area contributed by atoms with Gasteiger partial charge in [0.15, 0.2) is 0 Å². The van der Waals surface area contributed by atoms with Crippen molar-refractivity contribution in [2.45, 2.75) is 12.8 Å². The second-order valence-electron chi connectivity index (χ2n) is 4.22. The molecule has 1 aromatic rings. The Labute approximate surface area is 116 Å². The second kappa shape index (κ2) is 12.0. The first kappa shape index (κ1) is 16.0. The van der Waals surface area contributed by atoms with Crippen LogP contribution in [0.25, 0.3) is 0 Å². The first-order chi connectivity index (χ1) is 9.43. The molecule has 1 rings (SSSR count). The van der Waals surface area contributed by atoms with E-state index in [0.717, 1.165) is 44.9 Å². The van der Waals surface area contributed by atoms with Gasteiger partial charge in [0, 0.05) is 13.7 Å². The highest BCUT2D eigenvalue weighted by atomic mass is 16.5. The highest BCUT2D eigenvalue weighted by molar-refractivity contribution is 5.20. The SMILES string of the molecule is COCCOCCCNCCCOc1ccccc1. The van der Waals surface area contributed by atoms with Crippen molar-refractivity contribution in [3.05, 3.63) is 30.3 Å². The largest absolute Gasteiger partial charge is 0.494 e. The van der Waals surface area contributed by atoms with Crippen LogP contribution in [0.3, 0.4) is 0 Å². The minimum atomic E-state index is 0.671. The molecule has 4 heteroatoms. The highest BCUT2D eigenvalue weighted by Gasteiger charge is 1.93. The van der Waals surface area contributed by atoms with Gasteiger partial charge in [0.1, 0.15) is 5.75 Å². The summed E-state index contributed by atoms with van der Waals surface area (Å²) in [5.74, 6) is 0.939. The lowest BCUT2D eigenvalue weighted by atomic mass is 10.3. The Morgan fingerprint density at radius 3 is 2.37 bits per heavy atom. The molecule has 0 heterocycles. The number of methoxy groups -OCH3 is 1. The van der Waals surface area contributed by atoms with Gasteiger partial charge in [-0.15, -0.1) is 0 Å². The number of para-hydroxylation sites is 1. The third kappa shape index (κ3) is 9.47. The zero-order valence-corrected chi connectivity index (χ0v) is 11.8. The number of nitrogens with one attached hydrogen (secondary N) is 1. The van der Waals surface area contributed by atoms with Crippen LogP contribution in [0.15, 0.2) is 30.3 Å². The first-order valence-corrected chi connectivity index (χ1v) is 6.88. The van der Waals surface area contributed by atoms with Crippen molar-refractivity contribution in [1.29, 1.82) is 0 Å². The molecule has 108 valence electrons. The zero-order valence-electron chi connectivity index (χ0n) is 11.8. The molecule has 1 N–H and O–H groups in total. The molecule has 0 aliphatic carbocycles. The Morgan fingerprint density at radius 1 is 0.895 bits per heavy atom. The zero-order chi connectivity index (χ0) is 13.6. The Hall–Kier alpha value is -1.10. The smallest absolute Gasteiger partial charge is 0.119 e. The van der Waals surface area contributed by atoms with Gasteiger partial charge in [0.05, 0.1) is 19.8 Å². The fraction of sp³-hybridized carbons (Fsp3) is 0.600. The molecule has 0 amide bonds. The summed E-state index contributed by atoms with van der Waals surface area (Å²) in [7, 11) is 1.68. The fourth-order valence-corrected chi connectivity index (χ4v) is 1.57. The summed E-state index contributed by atoms with van der Waals surface area (Å²) in [5.41, 5.74) is 0. The predicted molar refractivity (Wildman–Crippen MR) is 76.7 cm³/mol. The van der Waals surface area contributed by atoms with Crippen LogP contribution in [0.5, 0.6) is 5.75 Å². The van der Waals surface area contributed by atoms with E-state index in [9.17, 15) is 0 Å². The Bertz CT molecular complexity index is 293. The lowest BCUT2D eigenvalue weighted by Crippen LogP contribution is -2.20. The summed E-state index contributed by atoms with van der Waals surface area (Å²) in [5, 5.41) is 3.37. The molecule has 0 aliphatic rings. The number of ether oxygens (including phenoxy) is 3. The standard InChI is InChI=1S/C15H25NO3/c1-17-13-14-18-11-5-9-16-10-6-12-19-15-7-3-2-4-8-15/h2-4,7-8,16H,5-6,9-14H2,1H3. The van der Waals surface area contributed by atoms with Crippen molar-refractivity contribution in [2.24, 2.45) is 0 Å². The highest BCUT2D eigenvalue weighted by Crippen LogP contribution is 2.07. The Kier molecular flexibility index (Phi) is 10.0. The summed E-state index contributed by atoms with van der Waals surface area (Å²) < 4.78 is 15.9. The topological polar surface area (TPSA) is 39.7 Å². The van der Waals surface area contributed by atoms with Gasteiger partial charge in [0.25, 0.3) is 0 Å². The van der Waals surface area contributed by atoms with Gasteiger partial charge in [-0.05, 0) is 38.1 Å². The molecule has 19 heavy (non-hydrogen) atoms. The van der Waals surface area contributed by atoms with E-state index in [4.69, 9.17) is 14.2 Å². The summed E-state index contributed by atoms with van der Waals surface area (Å²) in [6.07, 6.45) is 2.04. The fourth-order valence-electron chi connectivity index (χ4n) is 1.57. The average molecular weight is 267 g/mol. The maximum Gasteiger partial charge on any atom is 0.119 e. The van der Waals surface area contributed by atoms with Crippen LogP contribution in [0.4, 0.5) is 0 Å². The van der Waals surface area contributed by atoms with E-state index >= 15 is 0 Å². The van der Waals surface area contributed by atoms with Gasteiger partial charge in [-0.1, -0.05) is 18.2 Å². The second-order valence-corrected chi connectivity index (χ2v) is 4.22. The molecule has 0 aliphatic heterocycles. The number of rotatable bonds is 12. The van der Waals surface area contributed by atoms with Crippen LogP contribution in [-0.4, -0.2) is 46.6 Å². The van der Waals surface area contributed by atoms with Gasteiger partial charge in [-0.2, -0.15) is 0 Å². The number of hydrogen-bond acceptors (Lipinski definition) is 4. The molecule has 0 unspecified atom stereocenters. The lowest BCUT2D eigenvalue weighted by molar-refractivity contribution is 0.0695. The van der Waals surface area contributed by atoms with E-state index in [0.29, 0.717) is 13.2 Å². The third-order valence-electron chi connectivity index (χ3n) is 2.58. The predicted octanol–water partition coefficient (Wildman–Crippen LogP) is 2.10. The van der Waals surface area contributed by atoms with Crippen LogP contribution < -0.4 is 10.1 Å². The van der Waals surface area contributed by atoms with Crippen molar-refractivity contribution in [3.8, 4) is 5.75 Å². The lowest BCUT2D eigenvalue weighted by Gasteiger charge is -2.07. The molecule has 1 aromatic carbocycles. The summed E-state index contributed by atoms with van der Waals surface area (Å²) in [6.45, 7) is 4.85. The molecule has 0 saturated carbocycles. The molecule has 0 bridgehead atoms. The van der Waals surface area contributed by atoms with Gasteiger partial charge >= 0.3 is 0 Å². The molecular formula is C15H25NO3. The first-order valence-electron chi connectivity index (χ1n) is 6.88. The number of hydrogen-bond donors (Lipinski definition) is 1. The van der Waals surface area contributed by atoms with Gasteiger partial charge < -0.3 is 19.5 Å². The minimum Gasteiger partial charge on any atom is -0.494 e. The Balaban J connectivity index is 1.79. The minimum absolute atomic E-state index is 0.671. The molecule has 0 aromatic heterocycles. The van der Waals surface area contributed by atoms with E-state index in [2.05, 4.69) is 5.32 Å². The van der Waals surface area contributed by atoms with E-state index in [1.54, 1.807) is 7.11 Å². The normalized spacial score (nSPS) is 10.6. The summed E-state index contributed by atoms with van der Waals surface area (Å²) in [4.78, 5) is 0. The van der Waals surface area contributed by atoms with Crippen LogP contribution in [0, 0.1) is 0 Å². The van der Waals surface area contributed by atoms with E-state index < -0.39 is 0 Å². The number of benzene rings is 1. The van der Waals surface area contributed by atoms with Gasteiger partial charge in [-0.3, -0.25) is 0 Å². The molecular weight excluding hydrogens is 242 g/mol. The summed E-state index contributed by atoms with van der Waals surface area (Å²) >= 11 is 0. The van der Waals surface area contributed by atoms with Crippen molar-refractivity contribution < 1.29 is 14.2 Å². The maximum absolute atomic E-state index is 5.60. The van der Waals surface area contributed by atoms with Crippen LogP contribution >= 0.6 is 0 Å². The molecule has 0 atom stereocenters. The quantitative estimate of drug-likeness (QED) is 0.589. The molecule has 0 fully saturated rings. The third-order valence-corrected chi connectivity index (χ3v) is 2.58. The van der Waals surface area contributed by atoms with Gasteiger partial charge in [0.2, 0.25) is 0 Å². The summed E-state index contributed by atoms with van der Waals surface area (Å²) in [6, 6.07) is 9.91. The molecule has 0 radical (unpaired) electrons. The van der Waals surface area contributed by atoms with Crippen molar-refractivity contribution in [3.63, 3.8) is 0 Å². The Morgan fingerprint density at radius 2 is 1.63 bits per heavy atom. The molecule has 4 nitrogen and oxygen atoms in total. The van der Waals surface area contributed by atoms with Crippen LogP contribution in [-0.2, 0) is 9.47 Å². The van der Waals surface area contributed by atoms with Crippen molar-refractivity contribution in [1.82, 2.24) is 5.32 Å².